The molecular weight excluding hydrogens is 290 g/mol. The lowest BCUT2D eigenvalue weighted by Gasteiger charge is -2.32. The van der Waals surface area contributed by atoms with Gasteiger partial charge in [-0.15, -0.1) is 0 Å². The Morgan fingerprint density at radius 3 is 2.08 bits per heavy atom. The molecule has 2 rings (SSSR count). The van der Waals surface area contributed by atoms with Crippen LogP contribution in [0.15, 0.2) is 42.5 Å². The van der Waals surface area contributed by atoms with Gasteiger partial charge in [0.1, 0.15) is 0 Å². The summed E-state index contributed by atoms with van der Waals surface area (Å²) in [6.45, 7) is 12.4. The summed E-state index contributed by atoms with van der Waals surface area (Å²) in [5, 5.41) is 0. The van der Waals surface area contributed by atoms with E-state index in [2.05, 4.69) is 82.0 Å². The molecule has 0 heterocycles. The highest BCUT2D eigenvalue weighted by Crippen LogP contribution is 2.34. The zero-order chi connectivity index (χ0) is 17.5. The number of hydrogen-bond donors (Lipinski definition) is 0. The van der Waals surface area contributed by atoms with Crippen LogP contribution in [0.3, 0.4) is 0 Å². The van der Waals surface area contributed by atoms with Crippen LogP contribution in [-0.2, 0) is 0 Å². The van der Waals surface area contributed by atoms with Gasteiger partial charge in [0, 0.05) is 17.9 Å². The normalized spacial score (nSPS) is 12.2. The summed E-state index contributed by atoms with van der Waals surface area (Å²) in [5.41, 5.74) is 6.80. The van der Waals surface area contributed by atoms with E-state index in [4.69, 9.17) is 0 Å². The van der Waals surface area contributed by atoms with Gasteiger partial charge in [0.2, 0.25) is 0 Å². The third kappa shape index (κ3) is 4.63. The number of unbranched alkanes of at least 4 members (excludes halogenated alkanes) is 1. The Morgan fingerprint density at radius 2 is 1.54 bits per heavy atom. The molecule has 2 aromatic rings. The molecule has 0 saturated heterocycles. The first-order valence-electron chi connectivity index (χ1n) is 9.47. The fourth-order valence-electron chi connectivity index (χ4n) is 3.71. The number of anilines is 2. The fraction of sp³-hybridized carbons (Fsp3) is 0.478. The van der Waals surface area contributed by atoms with Crippen molar-refractivity contribution < 1.29 is 0 Å². The maximum atomic E-state index is 2.55. The lowest BCUT2D eigenvalue weighted by atomic mass is 9.96. The summed E-state index contributed by atoms with van der Waals surface area (Å²) >= 11 is 0. The molecule has 0 bridgehead atoms. The van der Waals surface area contributed by atoms with Gasteiger partial charge in [-0.1, -0.05) is 69.0 Å². The van der Waals surface area contributed by atoms with Gasteiger partial charge in [0.15, 0.2) is 0 Å². The van der Waals surface area contributed by atoms with Crippen molar-refractivity contribution in [2.45, 2.75) is 60.3 Å². The molecule has 130 valence electrons. The molecule has 0 radical (unpaired) electrons. The summed E-state index contributed by atoms with van der Waals surface area (Å²) in [5.74, 6) is 0.741. The fourth-order valence-corrected chi connectivity index (χ4v) is 3.71. The minimum Gasteiger partial charge on any atom is -0.341 e. The molecule has 0 amide bonds. The van der Waals surface area contributed by atoms with Gasteiger partial charge in [0.05, 0.1) is 0 Å². The predicted octanol–water partition coefficient (Wildman–Crippen LogP) is 6.97. The van der Waals surface area contributed by atoms with Crippen LogP contribution in [0.25, 0.3) is 0 Å². The predicted molar refractivity (Wildman–Crippen MR) is 107 cm³/mol. The standard InChI is InChI=1S/C23H33N/c1-6-8-12-21(7-2)17-24(22-13-10-9-11-14-22)23-19(4)15-18(3)16-20(23)5/h9-11,13-16,21H,6-8,12,17H2,1-5H3. The van der Waals surface area contributed by atoms with Crippen molar-refractivity contribution >= 4 is 11.4 Å². The quantitative estimate of drug-likeness (QED) is 0.507. The van der Waals surface area contributed by atoms with Gasteiger partial charge in [-0.05, 0) is 56.4 Å². The average molecular weight is 324 g/mol. The van der Waals surface area contributed by atoms with E-state index in [1.165, 1.54) is 53.7 Å². The van der Waals surface area contributed by atoms with Crippen molar-refractivity contribution in [3.63, 3.8) is 0 Å². The third-order valence-corrected chi connectivity index (χ3v) is 4.96. The second-order valence-electron chi connectivity index (χ2n) is 7.11. The Balaban J connectivity index is 2.41. The highest BCUT2D eigenvalue weighted by molar-refractivity contribution is 5.70. The van der Waals surface area contributed by atoms with Gasteiger partial charge in [-0.25, -0.2) is 0 Å². The van der Waals surface area contributed by atoms with Crippen LogP contribution in [0, 0.1) is 26.7 Å². The molecule has 0 aliphatic heterocycles. The number of benzene rings is 2. The minimum atomic E-state index is 0.741. The molecule has 0 saturated carbocycles. The van der Waals surface area contributed by atoms with Crippen LogP contribution in [0.1, 0.15) is 56.2 Å². The maximum Gasteiger partial charge on any atom is 0.0470 e. The first-order valence-corrected chi connectivity index (χ1v) is 9.47. The molecule has 1 atom stereocenters. The lowest BCUT2D eigenvalue weighted by molar-refractivity contribution is 0.458. The van der Waals surface area contributed by atoms with Crippen LogP contribution >= 0.6 is 0 Å². The molecule has 0 aliphatic carbocycles. The van der Waals surface area contributed by atoms with Gasteiger partial charge in [-0.3, -0.25) is 0 Å². The van der Waals surface area contributed by atoms with Gasteiger partial charge >= 0.3 is 0 Å². The second kappa shape index (κ2) is 8.92. The minimum absolute atomic E-state index is 0.741. The van der Waals surface area contributed by atoms with E-state index >= 15 is 0 Å². The molecule has 0 aromatic heterocycles. The topological polar surface area (TPSA) is 3.24 Å². The zero-order valence-corrected chi connectivity index (χ0v) is 16.1. The lowest BCUT2D eigenvalue weighted by Crippen LogP contribution is -2.26. The van der Waals surface area contributed by atoms with Crippen molar-refractivity contribution in [3.8, 4) is 0 Å². The average Bonchev–Trinajstić information content (AvgIpc) is 2.57. The Kier molecular flexibility index (Phi) is 6.90. The molecule has 1 heteroatoms. The van der Waals surface area contributed by atoms with Crippen molar-refractivity contribution in [1.82, 2.24) is 0 Å². The monoisotopic (exact) mass is 323 g/mol. The van der Waals surface area contributed by atoms with Gasteiger partial charge in [-0.2, -0.15) is 0 Å². The van der Waals surface area contributed by atoms with Gasteiger partial charge in [0.25, 0.3) is 0 Å². The van der Waals surface area contributed by atoms with E-state index < -0.39 is 0 Å². The summed E-state index contributed by atoms with van der Waals surface area (Å²) in [4.78, 5) is 2.55. The zero-order valence-electron chi connectivity index (χ0n) is 16.1. The summed E-state index contributed by atoms with van der Waals surface area (Å²) in [7, 11) is 0. The van der Waals surface area contributed by atoms with Crippen LogP contribution < -0.4 is 4.90 Å². The second-order valence-corrected chi connectivity index (χ2v) is 7.11. The van der Waals surface area contributed by atoms with E-state index in [0.29, 0.717) is 0 Å². The third-order valence-electron chi connectivity index (χ3n) is 4.96. The molecule has 2 aromatic carbocycles. The molecule has 1 nitrogen and oxygen atoms in total. The summed E-state index contributed by atoms with van der Waals surface area (Å²) < 4.78 is 0. The Labute approximate surface area is 148 Å². The molecule has 1 unspecified atom stereocenters. The highest BCUT2D eigenvalue weighted by Gasteiger charge is 2.18. The molecule has 0 fully saturated rings. The molecule has 0 spiro atoms. The van der Waals surface area contributed by atoms with E-state index in [-0.39, 0.29) is 0 Å². The molecular formula is C23H33N. The first kappa shape index (κ1) is 18.6. The smallest absolute Gasteiger partial charge is 0.0470 e. The molecule has 0 N–H and O–H groups in total. The van der Waals surface area contributed by atoms with Crippen molar-refractivity contribution in [3.05, 3.63) is 59.2 Å². The van der Waals surface area contributed by atoms with Crippen LogP contribution in [0.5, 0.6) is 0 Å². The summed E-state index contributed by atoms with van der Waals surface area (Å²) in [6, 6.07) is 15.5. The van der Waals surface area contributed by atoms with E-state index in [9.17, 15) is 0 Å². The van der Waals surface area contributed by atoms with E-state index in [1.807, 2.05) is 0 Å². The van der Waals surface area contributed by atoms with E-state index in [1.54, 1.807) is 0 Å². The SMILES string of the molecule is CCCCC(CC)CN(c1ccccc1)c1c(C)cc(C)cc1C. The Hall–Kier alpha value is -1.76. The van der Waals surface area contributed by atoms with Crippen molar-refractivity contribution in [2.24, 2.45) is 5.92 Å². The highest BCUT2D eigenvalue weighted by atomic mass is 15.1. The number of hydrogen-bond acceptors (Lipinski definition) is 1. The number of rotatable bonds is 8. The molecule has 24 heavy (non-hydrogen) atoms. The van der Waals surface area contributed by atoms with Crippen LogP contribution in [0.2, 0.25) is 0 Å². The van der Waals surface area contributed by atoms with E-state index in [0.717, 1.165) is 12.5 Å². The Bertz CT molecular complexity index is 607. The molecule has 0 aliphatic rings. The number of aryl methyl sites for hydroxylation is 3. The number of para-hydroxylation sites is 1. The Morgan fingerprint density at radius 1 is 0.917 bits per heavy atom. The first-order chi connectivity index (χ1) is 11.6. The maximum absolute atomic E-state index is 2.55. The van der Waals surface area contributed by atoms with Crippen molar-refractivity contribution in [1.29, 1.82) is 0 Å². The van der Waals surface area contributed by atoms with Crippen LogP contribution in [0.4, 0.5) is 11.4 Å². The summed E-state index contributed by atoms with van der Waals surface area (Å²) in [6.07, 6.45) is 5.17. The van der Waals surface area contributed by atoms with Gasteiger partial charge < -0.3 is 4.90 Å². The number of nitrogens with zero attached hydrogens (tertiary/aromatic N) is 1. The largest absolute Gasteiger partial charge is 0.341 e. The van der Waals surface area contributed by atoms with Crippen LogP contribution in [-0.4, -0.2) is 6.54 Å². The van der Waals surface area contributed by atoms with Crippen molar-refractivity contribution in [2.75, 3.05) is 11.4 Å².